The fraction of sp³-hybridized carbons (Fsp3) is 0. The van der Waals surface area contributed by atoms with Crippen molar-refractivity contribution < 1.29 is 0 Å². The van der Waals surface area contributed by atoms with Crippen LogP contribution < -0.4 is 0 Å². The molecule has 0 N–H and O–H groups in total. The first-order valence-electron chi connectivity index (χ1n) is 6.67. The number of pyridine rings is 1. The highest BCUT2D eigenvalue weighted by molar-refractivity contribution is 5.85. The van der Waals surface area contributed by atoms with Gasteiger partial charge < -0.3 is 0 Å². The van der Waals surface area contributed by atoms with E-state index in [9.17, 15) is 0 Å². The Balaban J connectivity index is 2.15. The van der Waals surface area contributed by atoms with Gasteiger partial charge in [-0.25, -0.2) is 0 Å². The smallest absolute Gasteiger partial charge is 0.0708 e. The number of hydrogen-bond donors (Lipinski definition) is 0. The van der Waals surface area contributed by atoms with E-state index < -0.39 is 0 Å². The van der Waals surface area contributed by atoms with E-state index >= 15 is 0 Å². The van der Waals surface area contributed by atoms with Crippen molar-refractivity contribution in [1.29, 1.82) is 0 Å². The lowest BCUT2D eigenvalue weighted by atomic mass is 10.0. The molecule has 0 atom stereocenters. The van der Waals surface area contributed by atoms with Crippen LogP contribution in [0.25, 0.3) is 23.1 Å². The summed E-state index contributed by atoms with van der Waals surface area (Å²) >= 11 is 0. The lowest BCUT2D eigenvalue weighted by molar-refractivity contribution is 1.41. The molecule has 3 rings (SSSR count). The van der Waals surface area contributed by atoms with Crippen LogP contribution >= 0.6 is 0 Å². The normalized spacial score (nSPS) is 14.0. The number of rotatable bonds is 0. The Bertz CT molecular complexity index is 694. The van der Waals surface area contributed by atoms with Gasteiger partial charge in [0.05, 0.1) is 5.52 Å². The van der Waals surface area contributed by atoms with Gasteiger partial charge in [0.1, 0.15) is 0 Å². The van der Waals surface area contributed by atoms with Crippen molar-refractivity contribution in [2.75, 3.05) is 0 Å². The van der Waals surface area contributed by atoms with Gasteiger partial charge in [-0.15, -0.1) is 0 Å². The number of aromatic nitrogens is 1. The highest BCUT2D eigenvalue weighted by atomic mass is 14.6. The molecule has 96 valence electrons. The maximum atomic E-state index is 4.42. The van der Waals surface area contributed by atoms with Crippen molar-refractivity contribution in [3.8, 4) is 0 Å². The van der Waals surface area contributed by atoms with E-state index in [1.54, 1.807) is 0 Å². The molecular weight excluding hydrogens is 242 g/mol. The van der Waals surface area contributed by atoms with E-state index in [-0.39, 0.29) is 0 Å². The summed E-state index contributed by atoms with van der Waals surface area (Å²) in [7, 11) is 0. The fourth-order valence-electron chi connectivity index (χ4n) is 2.15. The summed E-state index contributed by atoms with van der Waals surface area (Å²) in [5.74, 6) is 0. The Hall–Kier alpha value is -2.67. The van der Waals surface area contributed by atoms with E-state index in [1.165, 1.54) is 11.1 Å². The average molecular weight is 257 g/mol. The van der Waals surface area contributed by atoms with Gasteiger partial charge in [-0.3, -0.25) is 4.98 Å². The summed E-state index contributed by atoms with van der Waals surface area (Å²) in [6, 6.07) is 8.37. The first-order valence-corrected chi connectivity index (χ1v) is 6.67. The number of fused-ring (bicyclic) bond motifs is 2. The Labute approximate surface area is 119 Å². The molecule has 0 bridgehead atoms. The van der Waals surface area contributed by atoms with Crippen LogP contribution in [0.3, 0.4) is 0 Å². The number of allylic oxidation sites excluding steroid dienone is 8. The molecule has 1 heterocycles. The van der Waals surface area contributed by atoms with Crippen LogP contribution in [0.15, 0.2) is 79.1 Å². The maximum Gasteiger partial charge on any atom is 0.0708 e. The van der Waals surface area contributed by atoms with E-state index in [0.717, 1.165) is 10.9 Å². The first kappa shape index (κ1) is 12.4. The summed E-state index contributed by atoms with van der Waals surface area (Å²) < 4.78 is 0. The molecule has 1 aromatic carbocycles. The quantitative estimate of drug-likeness (QED) is 0.651. The molecule has 0 saturated carbocycles. The Kier molecular flexibility index (Phi) is 3.70. The predicted molar refractivity (Wildman–Crippen MR) is 87.2 cm³/mol. The first-order chi connectivity index (χ1) is 9.93. The van der Waals surface area contributed by atoms with Crippen molar-refractivity contribution >= 4 is 23.1 Å². The summed E-state index contributed by atoms with van der Waals surface area (Å²) in [4.78, 5) is 4.42. The highest BCUT2D eigenvalue weighted by Gasteiger charge is 2.00. The van der Waals surface area contributed by atoms with Gasteiger partial charge in [0.25, 0.3) is 0 Å². The Morgan fingerprint density at radius 1 is 0.650 bits per heavy atom. The monoisotopic (exact) mass is 257 g/mol. The van der Waals surface area contributed by atoms with Gasteiger partial charge in [0.15, 0.2) is 0 Å². The standard InChI is InChI=1S/C19H15N/c1-2-4-6-8-11-17-15-19-18(12-9-13-20-19)14-16(17)10-7-5-3-1/h1-15H. The molecule has 1 aliphatic carbocycles. The third kappa shape index (κ3) is 2.83. The van der Waals surface area contributed by atoms with Crippen LogP contribution in [0.4, 0.5) is 0 Å². The second kappa shape index (κ2) is 5.98. The minimum Gasteiger partial charge on any atom is -0.256 e. The SMILES string of the molecule is C1=CC=CC=Cc2cc3ncccc3cc2C=CC=C1. The van der Waals surface area contributed by atoms with E-state index in [2.05, 4.69) is 47.5 Å². The summed E-state index contributed by atoms with van der Waals surface area (Å²) in [5.41, 5.74) is 3.40. The zero-order valence-electron chi connectivity index (χ0n) is 11.1. The molecule has 1 aliphatic rings. The van der Waals surface area contributed by atoms with Crippen molar-refractivity contribution in [2.24, 2.45) is 0 Å². The van der Waals surface area contributed by atoms with Crippen molar-refractivity contribution in [3.05, 3.63) is 90.2 Å². The van der Waals surface area contributed by atoms with Crippen LogP contribution in [0, 0.1) is 0 Å². The van der Waals surface area contributed by atoms with Crippen molar-refractivity contribution in [2.45, 2.75) is 0 Å². The fourth-order valence-corrected chi connectivity index (χ4v) is 2.15. The Morgan fingerprint density at radius 3 is 1.95 bits per heavy atom. The minimum atomic E-state index is 1.02. The van der Waals surface area contributed by atoms with Crippen molar-refractivity contribution in [3.63, 3.8) is 0 Å². The lowest BCUT2D eigenvalue weighted by Gasteiger charge is -2.04. The number of nitrogens with zero attached hydrogens (tertiary/aromatic N) is 1. The van der Waals surface area contributed by atoms with Gasteiger partial charge in [0, 0.05) is 11.6 Å². The molecule has 1 heteroatoms. The van der Waals surface area contributed by atoms with Gasteiger partial charge >= 0.3 is 0 Å². The third-order valence-corrected chi connectivity index (χ3v) is 3.14. The molecule has 0 spiro atoms. The van der Waals surface area contributed by atoms with E-state index in [4.69, 9.17) is 0 Å². The molecule has 0 amide bonds. The van der Waals surface area contributed by atoms with Crippen molar-refractivity contribution in [1.82, 2.24) is 4.98 Å². The third-order valence-electron chi connectivity index (χ3n) is 3.14. The molecule has 0 radical (unpaired) electrons. The predicted octanol–water partition coefficient (Wildman–Crippen LogP) is 4.94. The second-order valence-corrected chi connectivity index (χ2v) is 4.55. The largest absolute Gasteiger partial charge is 0.256 e. The maximum absolute atomic E-state index is 4.42. The molecule has 20 heavy (non-hydrogen) atoms. The van der Waals surface area contributed by atoms with Gasteiger partial charge in [-0.1, -0.05) is 66.8 Å². The van der Waals surface area contributed by atoms with E-state index in [0.29, 0.717) is 0 Å². The second-order valence-electron chi connectivity index (χ2n) is 4.55. The summed E-state index contributed by atoms with van der Waals surface area (Å²) in [6.07, 6.45) is 22.3. The molecule has 0 aliphatic heterocycles. The molecule has 0 saturated heterocycles. The topological polar surface area (TPSA) is 12.9 Å². The number of benzene rings is 1. The van der Waals surface area contributed by atoms with Gasteiger partial charge in [-0.05, 0) is 29.3 Å². The molecule has 0 unspecified atom stereocenters. The average Bonchev–Trinajstić information content (AvgIpc) is 2.47. The molecule has 0 fully saturated rings. The van der Waals surface area contributed by atoms with Gasteiger partial charge in [-0.2, -0.15) is 0 Å². The van der Waals surface area contributed by atoms with Crippen LogP contribution in [0.5, 0.6) is 0 Å². The Morgan fingerprint density at radius 2 is 1.25 bits per heavy atom. The lowest BCUT2D eigenvalue weighted by Crippen LogP contribution is -1.85. The van der Waals surface area contributed by atoms with Crippen LogP contribution in [-0.4, -0.2) is 4.98 Å². The van der Waals surface area contributed by atoms with Crippen LogP contribution in [-0.2, 0) is 0 Å². The van der Waals surface area contributed by atoms with Crippen LogP contribution in [0.2, 0.25) is 0 Å². The molecule has 1 aromatic heterocycles. The molecule has 1 nitrogen and oxygen atoms in total. The zero-order valence-corrected chi connectivity index (χ0v) is 11.1. The molecule has 2 aromatic rings. The minimum absolute atomic E-state index is 1.02. The summed E-state index contributed by atoms with van der Waals surface area (Å²) in [6.45, 7) is 0. The molecular formula is C19H15N. The highest BCUT2D eigenvalue weighted by Crippen LogP contribution is 2.21. The van der Waals surface area contributed by atoms with Gasteiger partial charge in [0.2, 0.25) is 0 Å². The van der Waals surface area contributed by atoms with Crippen LogP contribution in [0.1, 0.15) is 11.1 Å². The number of hydrogen-bond acceptors (Lipinski definition) is 1. The van der Waals surface area contributed by atoms with E-state index in [1.807, 2.05) is 48.7 Å². The summed E-state index contributed by atoms with van der Waals surface area (Å²) in [5, 5.41) is 1.16. The zero-order chi connectivity index (χ0) is 13.6.